The second kappa shape index (κ2) is 8.39. The van der Waals surface area contributed by atoms with Gasteiger partial charge in [-0.05, 0) is 43.2 Å². The first-order valence-corrected chi connectivity index (χ1v) is 9.22. The number of aryl methyl sites for hydroxylation is 2. The van der Waals surface area contributed by atoms with Gasteiger partial charge in [-0.15, -0.1) is 0 Å². The molecule has 1 saturated carbocycles. The zero-order valence-corrected chi connectivity index (χ0v) is 14.9. The smallest absolute Gasteiger partial charge is 0.329 e. The number of hydrogen-bond acceptors (Lipinski definition) is 4. The molecule has 1 heterocycles. The number of carbonyl (C=O) groups is 1. The van der Waals surface area contributed by atoms with Crippen LogP contribution in [0.25, 0.3) is 0 Å². The molecule has 0 radical (unpaired) electrons. The standard InChI is InChI=1S/C19H24FN3O4/c20-14-9-5-4-6-12(14)10-11-15-18(25)23(19(26)21-15)16(17(24)22-27)13-7-2-1-3-8-13/h4-6,9,13,16,25,27H,1-3,7-8,10-11H2,(H,21,26)(H,22,24). The summed E-state index contributed by atoms with van der Waals surface area (Å²) in [6, 6.07) is 5.33. The van der Waals surface area contributed by atoms with E-state index in [-0.39, 0.29) is 29.7 Å². The van der Waals surface area contributed by atoms with Crippen molar-refractivity contribution in [3.05, 3.63) is 51.8 Å². The molecule has 0 bridgehead atoms. The summed E-state index contributed by atoms with van der Waals surface area (Å²) in [6.45, 7) is 0. The van der Waals surface area contributed by atoms with Gasteiger partial charge in [-0.3, -0.25) is 14.6 Å². The van der Waals surface area contributed by atoms with Gasteiger partial charge in [0, 0.05) is 0 Å². The molecule has 1 atom stereocenters. The minimum absolute atomic E-state index is 0.148. The Bertz CT molecular complexity index is 855. The number of rotatable bonds is 6. The number of nitrogens with one attached hydrogen (secondary N) is 2. The Kier molecular flexibility index (Phi) is 5.95. The number of hydroxylamine groups is 1. The van der Waals surface area contributed by atoms with Gasteiger partial charge in [0.2, 0.25) is 5.88 Å². The van der Waals surface area contributed by atoms with Gasteiger partial charge in [0.15, 0.2) is 0 Å². The third-order valence-corrected chi connectivity index (χ3v) is 5.33. The number of carbonyl (C=O) groups excluding carboxylic acids is 1. The molecule has 1 aliphatic carbocycles. The number of hydrogen-bond donors (Lipinski definition) is 4. The average molecular weight is 377 g/mol. The van der Waals surface area contributed by atoms with Crippen LogP contribution >= 0.6 is 0 Å². The molecule has 1 amide bonds. The zero-order chi connectivity index (χ0) is 19.4. The molecule has 0 spiro atoms. The van der Waals surface area contributed by atoms with Crippen molar-refractivity contribution in [3.63, 3.8) is 0 Å². The predicted octanol–water partition coefficient (Wildman–Crippen LogP) is 2.43. The Hall–Kier alpha value is -2.61. The zero-order valence-electron chi connectivity index (χ0n) is 14.9. The molecule has 1 aromatic carbocycles. The maximum atomic E-state index is 13.8. The van der Waals surface area contributed by atoms with Gasteiger partial charge in [-0.1, -0.05) is 37.5 Å². The fourth-order valence-corrected chi connectivity index (χ4v) is 3.94. The highest BCUT2D eigenvalue weighted by Crippen LogP contribution is 2.35. The number of aromatic amines is 1. The minimum atomic E-state index is -0.985. The summed E-state index contributed by atoms with van der Waals surface area (Å²) in [5.74, 6) is -1.56. The van der Waals surface area contributed by atoms with Crippen molar-refractivity contribution >= 4 is 5.91 Å². The molecular formula is C19H24FN3O4. The number of nitrogens with zero attached hydrogens (tertiary/aromatic N) is 1. The van der Waals surface area contributed by atoms with Crippen LogP contribution in [-0.4, -0.2) is 25.8 Å². The molecule has 146 valence electrons. The van der Waals surface area contributed by atoms with Gasteiger partial charge < -0.3 is 10.1 Å². The van der Waals surface area contributed by atoms with Crippen LogP contribution in [0.5, 0.6) is 5.88 Å². The van der Waals surface area contributed by atoms with E-state index in [0.29, 0.717) is 12.0 Å². The molecule has 1 aromatic heterocycles. The molecule has 2 aromatic rings. The van der Waals surface area contributed by atoms with Crippen LogP contribution in [0.15, 0.2) is 29.1 Å². The summed E-state index contributed by atoms with van der Waals surface area (Å²) in [4.78, 5) is 27.3. The van der Waals surface area contributed by atoms with E-state index in [4.69, 9.17) is 5.21 Å². The van der Waals surface area contributed by atoms with Gasteiger partial charge in [0.05, 0.1) is 5.69 Å². The van der Waals surface area contributed by atoms with Crippen molar-refractivity contribution < 1.29 is 19.5 Å². The number of benzene rings is 1. The molecular weight excluding hydrogens is 353 g/mol. The summed E-state index contributed by atoms with van der Waals surface area (Å²) in [6.07, 6.45) is 4.90. The molecule has 4 N–H and O–H groups in total. The number of H-pyrrole nitrogens is 1. The number of amides is 1. The van der Waals surface area contributed by atoms with Crippen molar-refractivity contribution in [2.24, 2.45) is 5.92 Å². The molecule has 3 rings (SSSR count). The first-order chi connectivity index (χ1) is 13.0. The first-order valence-electron chi connectivity index (χ1n) is 9.22. The third-order valence-electron chi connectivity index (χ3n) is 5.33. The van der Waals surface area contributed by atoms with Crippen LogP contribution in [0, 0.1) is 11.7 Å². The van der Waals surface area contributed by atoms with E-state index in [1.165, 1.54) is 6.07 Å². The van der Waals surface area contributed by atoms with Crippen LogP contribution in [-0.2, 0) is 17.6 Å². The van der Waals surface area contributed by atoms with Gasteiger partial charge in [0.1, 0.15) is 11.9 Å². The summed E-state index contributed by atoms with van der Waals surface area (Å²) in [5, 5.41) is 19.7. The Labute approximate surface area is 155 Å². The van der Waals surface area contributed by atoms with Crippen molar-refractivity contribution in [1.29, 1.82) is 0 Å². The van der Waals surface area contributed by atoms with Crippen molar-refractivity contribution in [2.75, 3.05) is 0 Å². The molecule has 1 fully saturated rings. The second-order valence-electron chi connectivity index (χ2n) is 7.01. The van der Waals surface area contributed by atoms with Crippen LogP contribution < -0.4 is 11.2 Å². The normalized spacial score (nSPS) is 16.2. The summed E-state index contributed by atoms with van der Waals surface area (Å²) >= 11 is 0. The highest BCUT2D eigenvalue weighted by Gasteiger charge is 2.34. The number of aromatic nitrogens is 2. The van der Waals surface area contributed by atoms with E-state index in [1.54, 1.807) is 23.7 Å². The van der Waals surface area contributed by atoms with E-state index in [0.717, 1.165) is 36.7 Å². The van der Waals surface area contributed by atoms with E-state index in [1.807, 2.05) is 0 Å². The monoisotopic (exact) mass is 377 g/mol. The Morgan fingerprint density at radius 2 is 1.96 bits per heavy atom. The molecule has 27 heavy (non-hydrogen) atoms. The minimum Gasteiger partial charge on any atom is -0.493 e. The van der Waals surface area contributed by atoms with E-state index >= 15 is 0 Å². The molecule has 8 heteroatoms. The van der Waals surface area contributed by atoms with Crippen LogP contribution in [0.4, 0.5) is 4.39 Å². The van der Waals surface area contributed by atoms with Crippen LogP contribution in [0.3, 0.4) is 0 Å². The fraction of sp³-hybridized carbons (Fsp3) is 0.474. The van der Waals surface area contributed by atoms with Gasteiger partial charge in [-0.25, -0.2) is 14.7 Å². The van der Waals surface area contributed by atoms with Gasteiger partial charge >= 0.3 is 5.69 Å². The van der Waals surface area contributed by atoms with E-state index in [2.05, 4.69) is 4.98 Å². The molecule has 0 aliphatic heterocycles. The second-order valence-corrected chi connectivity index (χ2v) is 7.01. The topological polar surface area (TPSA) is 107 Å². The SMILES string of the molecule is O=C(NO)C(C1CCCCC1)n1c(O)c(CCc2ccccc2F)[nH]c1=O. The van der Waals surface area contributed by atoms with Gasteiger partial charge in [-0.2, -0.15) is 0 Å². The Morgan fingerprint density at radius 1 is 1.26 bits per heavy atom. The van der Waals surface area contributed by atoms with Crippen molar-refractivity contribution in [3.8, 4) is 5.88 Å². The lowest BCUT2D eigenvalue weighted by atomic mass is 9.83. The maximum Gasteiger partial charge on any atom is 0.329 e. The molecule has 1 aliphatic rings. The lowest BCUT2D eigenvalue weighted by Crippen LogP contribution is -2.39. The highest BCUT2D eigenvalue weighted by atomic mass is 19.1. The fourth-order valence-electron chi connectivity index (χ4n) is 3.94. The Morgan fingerprint density at radius 3 is 2.63 bits per heavy atom. The first kappa shape index (κ1) is 19.2. The number of halogens is 1. The predicted molar refractivity (Wildman–Crippen MR) is 96.1 cm³/mol. The summed E-state index contributed by atoms with van der Waals surface area (Å²) in [5.41, 5.74) is 1.72. The van der Waals surface area contributed by atoms with Crippen molar-refractivity contribution in [1.82, 2.24) is 15.0 Å². The quantitative estimate of drug-likeness (QED) is 0.458. The van der Waals surface area contributed by atoms with E-state index < -0.39 is 17.6 Å². The highest BCUT2D eigenvalue weighted by molar-refractivity contribution is 5.79. The average Bonchev–Trinajstić information content (AvgIpc) is 2.96. The summed E-state index contributed by atoms with van der Waals surface area (Å²) < 4.78 is 14.8. The van der Waals surface area contributed by atoms with Gasteiger partial charge in [0.25, 0.3) is 5.91 Å². The lowest BCUT2D eigenvalue weighted by molar-refractivity contribution is -0.135. The third kappa shape index (κ3) is 4.05. The Balaban J connectivity index is 1.87. The van der Waals surface area contributed by atoms with Crippen LogP contribution in [0.2, 0.25) is 0 Å². The van der Waals surface area contributed by atoms with Crippen molar-refractivity contribution in [2.45, 2.75) is 51.0 Å². The number of aromatic hydroxyl groups is 1. The molecule has 7 nitrogen and oxygen atoms in total. The molecule has 1 unspecified atom stereocenters. The molecule has 0 saturated heterocycles. The van der Waals surface area contributed by atoms with Crippen LogP contribution in [0.1, 0.15) is 49.4 Å². The lowest BCUT2D eigenvalue weighted by Gasteiger charge is -2.29. The summed E-state index contributed by atoms with van der Waals surface area (Å²) in [7, 11) is 0. The largest absolute Gasteiger partial charge is 0.493 e. The number of imidazole rings is 1. The maximum absolute atomic E-state index is 13.8. The van der Waals surface area contributed by atoms with E-state index in [9.17, 15) is 19.1 Å².